The quantitative estimate of drug-likeness (QED) is 0.811. The lowest BCUT2D eigenvalue weighted by atomic mass is 10.0. The van der Waals surface area contributed by atoms with E-state index in [1.54, 1.807) is 6.20 Å². The van der Waals surface area contributed by atoms with Gasteiger partial charge in [0.25, 0.3) is 0 Å². The fourth-order valence-corrected chi connectivity index (χ4v) is 2.10. The standard InChI is InChI=1S/C11H14N2O4/c14-10(15)5-7(11(16)17)8-6-13-4-2-1-3-9(13)12-8/h6-7H,1-5H2,(H,14,15)(H,16,17). The van der Waals surface area contributed by atoms with Crippen LogP contribution in [-0.4, -0.2) is 31.7 Å². The van der Waals surface area contributed by atoms with E-state index in [4.69, 9.17) is 10.2 Å². The molecule has 1 aromatic heterocycles. The molecule has 0 spiro atoms. The molecule has 0 bridgehead atoms. The maximum atomic E-state index is 11.0. The Morgan fingerprint density at radius 2 is 2.18 bits per heavy atom. The van der Waals surface area contributed by atoms with Gasteiger partial charge in [-0.1, -0.05) is 0 Å². The lowest BCUT2D eigenvalue weighted by molar-refractivity contribution is -0.145. The molecule has 17 heavy (non-hydrogen) atoms. The summed E-state index contributed by atoms with van der Waals surface area (Å²) in [5, 5.41) is 17.7. The van der Waals surface area contributed by atoms with Crippen LogP contribution in [0.4, 0.5) is 0 Å². The highest BCUT2D eigenvalue weighted by molar-refractivity contribution is 5.81. The highest BCUT2D eigenvalue weighted by Crippen LogP contribution is 2.22. The number of carbonyl (C=O) groups is 2. The summed E-state index contributed by atoms with van der Waals surface area (Å²) >= 11 is 0. The largest absolute Gasteiger partial charge is 0.481 e. The van der Waals surface area contributed by atoms with Crippen LogP contribution in [0.5, 0.6) is 0 Å². The monoisotopic (exact) mass is 238 g/mol. The minimum Gasteiger partial charge on any atom is -0.481 e. The second-order valence-electron chi connectivity index (χ2n) is 4.22. The molecule has 2 N–H and O–H groups in total. The van der Waals surface area contributed by atoms with E-state index in [1.165, 1.54) is 0 Å². The lowest BCUT2D eigenvalue weighted by Gasteiger charge is -2.11. The topological polar surface area (TPSA) is 92.4 Å². The first-order valence-corrected chi connectivity index (χ1v) is 5.58. The fraction of sp³-hybridized carbons (Fsp3) is 0.545. The van der Waals surface area contributed by atoms with Crippen molar-refractivity contribution < 1.29 is 19.8 Å². The molecule has 0 aromatic carbocycles. The highest BCUT2D eigenvalue weighted by Gasteiger charge is 2.27. The summed E-state index contributed by atoms with van der Waals surface area (Å²) in [5.41, 5.74) is 0.358. The number of carboxylic acids is 2. The van der Waals surface area contributed by atoms with Crippen LogP contribution < -0.4 is 0 Å². The Hall–Kier alpha value is -1.85. The zero-order valence-corrected chi connectivity index (χ0v) is 9.30. The first-order valence-electron chi connectivity index (χ1n) is 5.58. The maximum absolute atomic E-state index is 11.0. The van der Waals surface area contributed by atoms with Crippen LogP contribution in [0, 0.1) is 0 Å². The first kappa shape index (κ1) is 11.6. The number of imidazole rings is 1. The molecular weight excluding hydrogens is 224 g/mol. The van der Waals surface area contributed by atoms with Gasteiger partial charge in [0.05, 0.1) is 12.1 Å². The molecule has 0 saturated carbocycles. The van der Waals surface area contributed by atoms with Crippen LogP contribution in [-0.2, 0) is 22.6 Å². The molecule has 2 rings (SSSR count). The zero-order valence-electron chi connectivity index (χ0n) is 9.30. The molecule has 0 aliphatic carbocycles. The molecule has 0 amide bonds. The number of hydrogen-bond acceptors (Lipinski definition) is 3. The number of aliphatic carboxylic acids is 2. The molecule has 0 fully saturated rings. The van der Waals surface area contributed by atoms with Crippen LogP contribution in [0.15, 0.2) is 6.20 Å². The van der Waals surface area contributed by atoms with Gasteiger partial charge in [0.15, 0.2) is 0 Å². The van der Waals surface area contributed by atoms with E-state index in [0.29, 0.717) is 5.69 Å². The Kier molecular flexibility index (Phi) is 3.12. The van der Waals surface area contributed by atoms with Crippen molar-refractivity contribution in [2.45, 2.75) is 38.1 Å². The number of nitrogens with zero attached hydrogens (tertiary/aromatic N) is 2. The van der Waals surface area contributed by atoms with Crippen molar-refractivity contribution in [2.75, 3.05) is 0 Å². The number of rotatable bonds is 4. The first-order chi connectivity index (χ1) is 8.08. The highest BCUT2D eigenvalue weighted by atomic mass is 16.4. The number of carboxylic acid groups (broad SMARTS) is 2. The molecule has 1 aliphatic heterocycles. The average molecular weight is 238 g/mol. The van der Waals surface area contributed by atoms with Crippen molar-refractivity contribution in [3.05, 3.63) is 17.7 Å². The zero-order chi connectivity index (χ0) is 12.4. The molecule has 92 valence electrons. The van der Waals surface area contributed by atoms with Crippen LogP contribution in [0.3, 0.4) is 0 Å². The van der Waals surface area contributed by atoms with Crippen molar-refractivity contribution in [3.63, 3.8) is 0 Å². The van der Waals surface area contributed by atoms with Gasteiger partial charge in [-0.15, -0.1) is 0 Å². The van der Waals surface area contributed by atoms with Crippen LogP contribution in [0.25, 0.3) is 0 Å². The van der Waals surface area contributed by atoms with Crippen molar-refractivity contribution in [1.29, 1.82) is 0 Å². The summed E-state index contributed by atoms with van der Waals surface area (Å²) in [6, 6.07) is 0. The predicted molar refractivity (Wildman–Crippen MR) is 57.8 cm³/mol. The average Bonchev–Trinajstić information content (AvgIpc) is 2.68. The van der Waals surface area contributed by atoms with E-state index in [2.05, 4.69) is 4.98 Å². The van der Waals surface area contributed by atoms with Crippen LogP contribution in [0.2, 0.25) is 0 Å². The Morgan fingerprint density at radius 3 is 2.76 bits per heavy atom. The molecule has 1 unspecified atom stereocenters. The smallest absolute Gasteiger partial charge is 0.313 e. The van der Waals surface area contributed by atoms with Gasteiger partial charge in [0.2, 0.25) is 0 Å². The second kappa shape index (κ2) is 4.57. The molecule has 1 atom stereocenters. The van der Waals surface area contributed by atoms with E-state index in [-0.39, 0.29) is 0 Å². The molecule has 1 aromatic rings. The van der Waals surface area contributed by atoms with Crippen LogP contribution in [0.1, 0.15) is 36.7 Å². The summed E-state index contributed by atoms with van der Waals surface area (Å²) in [5.74, 6) is -2.44. The number of aryl methyl sites for hydroxylation is 2. The Morgan fingerprint density at radius 1 is 1.41 bits per heavy atom. The van der Waals surface area contributed by atoms with Crippen molar-refractivity contribution in [3.8, 4) is 0 Å². The van der Waals surface area contributed by atoms with E-state index < -0.39 is 24.3 Å². The molecule has 6 heteroatoms. The van der Waals surface area contributed by atoms with Gasteiger partial charge >= 0.3 is 11.9 Å². The number of hydrogen-bond donors (Lipinski definition) is 2. The molecule has 1 aliphatic rings. The second-order valence-corrected chi connectivity index (χ2v) is 4.22. The molecule has 2 heterocycles. The van der Waals surface area contributed by atoms with Gasteiger partial charge in [0, 0.05) is 19.2 Å². The summed E-state index contributed by atoms with van der Waals surface area (Å²) in [7, 11) is 0. The maximum Gasteiger partial charge on any atom is 0.313 e. The summed E-state index contributed by atoms with van der Waals surface area (Å²) in [6.07, 6.45) is 4.19. The van der Waals surface area contributed by atoms with Crippen LogP contribution >= 0.6 is 0 Å². The Bertz CT molecular complexity index is 429. The number of fused-ring (bicyclic) bond motifs is 1. The van der Waals surface area contributed by atoms with Gasteiger partial charge in [-0.2, -0.15) is 0 Å². The molecule has 6 nitrogen and oxygen atoms in total. The van der Waals surface area contributed by atoms with Gasteiger partial charge < -0.3 is 14.8 Å². The molecule has 0 saturated heterocycles. The SMILES string of the molecule is O=C(O)CC(C(=O)O)c1cn2c(n1)CCCC2. The Labute approximate surface area is 97.9 Å². The third-order valence-electron chi connectivity index (χ3n) is 2.96. The van der Waals surface area contributed by atoms with Crippen molar-refractivity contribution >= 4 is 11.9 Å². The molecular formula is C11H14N2O4. The van der Waals surface area contributed by atoms with Crippen molar-refractivity contribution in [1.82, 2.24) is 9.55 Å². The van der Waals surface area contributed by atoms with Gasteiger partial charge in [-0.05, 0) is 12.8 Å². The summed E-state index contributed by atoms with van der Waals surface area (Å²) in [6.45, 7) is 0.835. The van der Waals surface area contributed by atoms with Gasteiger partial charge in [-0.3, -0.25) is 9.59 Å². The summed E-state index contributed by atoms with van der Waals surface area (Å²) in [4.78, 5) is 25.9. The third kappa shape index (κ3) is 2.46. The van der Waals surface area contributed by atoms with E-state index in [0.717, 1.165) is 31.6 Å². The Balaban J connectivity index is 2.26. The minimum absolute atomic E-state index is 0.358. The minimum atomic E-state index is -1.14. The lowest BCUT2D eigenvalue weighted by Crippen LogP contribution is -2.16. The fourth-order valence-electron chi connectivity index (χ4n) is 2.10. The van der Waals surface area contributed by atoms with Gasteiger partial charge in [0.1, 0.15) is 11.7 Å². The number of aromatic nitrogens is 2. The van der Waals surface area contributed by atoms with Gasteiger partial charge in [-0.25, -0.2) is 4.98 Å². The summed E-state index contributed by atoms with van der Waals surface area (Å²) < 4.78 is 1.93. The third-order valence-corrected chi connectivity index (χ3v) is 2.96. The normalized spacial score (nSPS) is 16.2. The van der Waals surface area contributed by atoms with E-state index in [1.807, 2.05) is 4.57 Å². The predicted octanol–water partition coefficient (Wildman–Crippen LogP) is 0.862. The van der Waals surface area contributed by atoms with E-state index >= 15 is 0 Å². The van der Waals surface area contributed by atoms with E-state index in [9.17, 15) is 9.59 Å². The van der Waals surface area contributed by atoms with Crippen molar-refractivity contribution in [2.24, 2.45) is 0 Å². The molecule has 0 radical (unpaired) electrons.